The molecule has 0 bridgehead atoms. The number of hydrogen-bond acceptors (Lipinski definition) is 4. The van der Waals surface area contributed by atoms with Gasteiger partial charge in [0.2, 0.25) is 0 Å². The Labute approximate surface area is 132 Å². The molecular formula is C17H22N2O2S. The second-order valence-corrected chi connectivity index (χ2v) is 7.58. The summed E-state index contributed by atoms with van der Waals surface area (Å²) in [6.45, 7) is 3.01. The van der Waals surface area contributed by atoms with E-state index in [-0.39, 0.29) is 6.04 Å². The fraction of sp³-hybridized carbons (Fsp3) is 0.353. The molecule has 1 atom stereocenters. The molecule has 0 saturated heterocycles. The minimum atomic E-state index is -3.13. The predicted octanol–water partition coefficient (Wildman–Crippen LogP) is 2.72. The van der Waals surface area contributed by atoms with Crippen LogP contribution < -0.4 is 0 Å². The second kappa shape index (κ2) is 7.03. The van der Waals surface area contributed by atoms with Gasteiger partial charge in [-0.1, -0.05) is 18.2 Å². The van der Waals surface area contributed by atoms with Gasteiger partial charge >= 0.3 is 0 Å². The summed E-state index contributed by atoms with van der Waals surface area (Å²) >= 11 is 0. The number of sulfone groups is 1. The lowest BCUT2D eigenvalue weighted by Crippen LogP contribution is -2.25. The first-order valence-corrected chi connectivity index (χ1v) is 9.17. The summed E-state index contributed by atoms with van der Waals surface area (Å²) in [4.78, 5) is 6.93. The van der Waals surface area contributed by atoms with Crippen LogP contribution in [-0.2, 0) is 16.3 Å². The van der Waals surface area contributed by atoms with Crippen molar-refractivity contribution in [3.63, 3.8) is 0 Å². The van der Waals surface area contributed by atoms with Crippen LogP contribution >= 0.6 is 0 Å². The Hall–Kier alpha value is -1.72. The summed E-state index contributed by atoms with van der Waals surface area (Å²) in [5, 5.41) is 0. The maximum atomic E-state index is 11.5. The zero-order valence-corrected chi connectivity index (χ0v) is 14.0. The van der Waals surface area contributed by atoms with Crippen molar-refractivity contribution in [1.82, 2.24) is 9.88 Å². The summed E-state index contributed by atoms with van der Waals surface area (Å²) in [6.07, 6.45) is 3.93. The van der Waals surface area contributed by atoms with Gasteiger partial charge in [0.1, 0.15) is 0 Å². The van der Waals surface area contributed by atoms with Crippen molar-refractivity contribution in [1.29, 1.82) is 0 Å². The van der Waals surface area contributed by atoms with Crippen LogP contribution in [0.25, 0.3) is 0 Å². The van der Waals surface area contributed by atoms with E-state index >= 15 is 0 Å². The summed E-state index contributed by atoms with van der Waals surface area (Å²) in [5.41, 5.74) is 2.19. The second-order valence-electron chi connectivity index (χ2n) is 5.57. The van der Waals surface area contributed by atoms with E-state index in [4.69, 9.17) is 0 Å². The lowest BCUT2D eigenvalue weighted by Gasteiger charge is -2.25. The average Bonchev–Trinajstić information content (AvgIpc) is 2.52. The van der Waals surface area contributed by atoms with Crippen molar-refractivity contribution in [2.45, 2.75) is 24.3 Å². The first-order chi connectivity index (χ1) is 10.4. The van der Waals surface area contributed by atoms with Crippen LogP contribution in [0.1, 0.15) is 24.2 Å². The normalized spacial score (nSPS) is 13.3. The summed E-state index contributed by atoms with van der Waals surface area (Å²) in [6, 6.07) is 13.3. The number of likely N-dealkylation sites (N-methyl/N-ethyl adjacent to an activating group) is 1. The van der Waals surface area contributed by atoms with Gasteiger partial charge in [0.25, 0.3) is 0 Å². The summed E-state index contributed by atoms with van der Waals surface area (Å²) < 4.78 is 23.0. The Morgan fingerprint density at radius 3 is 2.36 bits per heavy atom. The van der Waals surface area contributed by atoms with Gasteiger partial charge < -0.3 is 0 Å². The molecule has 0 N–H and O–H groups in total. The number of hydrogen-bond donors (Lipinski definition) is 0. The molecule has 0 fully saturated rings. The number of nitrogens with zero attached hydrogens (tertiary/aromatic N) is 2. The van der Waals surface area contributed by atoms with Crippen molar-refractivity contribution in [3.8, 4) is 0 Å². The molecule has 0 aliphatic heterocycles. The lowest BCUT2D eigenvalue weighted by molar-refractivity contribution is 0.264. The number of benzene rings is 1. The number of aromatic nitrogens is 1. The molecule has 1 heterocycles. The van der Waals surface area contributed by atoms with Crippen LogP contribution in [0.3, 0.4) is 0 Å². The third-order valence-electron chi connectivity index (χ3n) is 3.90. The van der Waals surface area contributed by atoms with Crippen LogP contribution in [0.5, 0.6) is 0 Å². The highest BCUT2D eigenvalue weighted by atomic mass is 32.2. The predicted molar refractivity (Wildman–Crippen MR) is 88.5 cm³/mol. The van der Waals surface area contributed by atoms with E-state index in [0.29, 0.717) is 4.90 Å². The number of rotatable bonds is 6. The van der Waals surface area contributed by atoms with Gasteiger partial charge in [-0.05, 0) is 43.8 Å². The molecule has 4 nitrogen and oxygen atoms in total. The lowest BCUT2D eigenvalue weighted by atomic mass is 10.1. The minimum Gasteiger partial charge on any atom is -0.299 e. The molecule has 2 rings (SSSR count). The topological polar surface area (TPSA) is 50.3 Å². The monoisotopic (exact) mass is 318 g/mol. The minimum absolute atomic E-state index is 0.220. The highest BCUT2D eigenvalue weighted by Crippen LogP contribution is 2.20. The Bertz CT molecular complexity index is 697. The van der Waals surface area contributed by atoms with Crippen molar-refractivity contribution in [3.05, 3.63) is 59.9 Å². The molecule has 0 radical (unpaired) electrons. The maximum Gasteiger partial charge on any atom is 0.175 e. The molecule has 0 spiro atoms. The third-order valence-corrected chi connectivity index (χ3v) is 5.03. The van der Waals surface area contributed by atoms with Crippen molar-refractivity contribution < 1.29 is 8.42 Å². The van der Waals surface area contributed by atoms with Gasteiger partial charge in [-0.2, -0.15) is 0 Å². The molecule has 0 aliphatic rings. The molecule has 2 aromatic rings. The SMILES string of the molecule is C[C@H](c1ccc(S(C)(=O)=O)cc1)N(C)CCc1ccccn1. The largest absolute Gasteiger partial charge is 0.299 e. The molecule has 1 aromatic heterocycles. The van der Waals surface area contributed by atoms with Crippen molar-refractivity contribution in [2.75, 3.05) is 19.8 Å². The molecule has 0 aliphatic carbocycles. The molecule has 0 amide bonds. The smallest absolute Gasteiger partial charge is 0.175 e. The highest BCUT2D eigenvalue weighted by Gasteiger charge is 2.13. The summed E-state index contributed by atoms with van der Waals surface area (Å²) in [7, 11) is -1.07. The zero-order chi connectivity index (χ0) is 16.2. The fourth-order valence-corrected chi connectivity index (χ4v) is 2.91. The first kappa shape index (κ1) is 16.6. The zero-order valence-electron chi connectivity index (χ0n) is 13.2. The first-order valence-electron chi connectivity index (χ1n) is 7.28. The van der Waals surface area contributed by atoms with Gasteiger partial charge in [-0.25, -0.2) is 8.42 Å². The molecule has 5 heteroatoms. The van der Waals surface area contributed by atoms with Gasteiger partial charge in [0, 0.05) is 37.2 Å². The van der Waals surface area contributed by atoms with Gasteiger partial charge in [-0.3, -0.25) is 9.88 Å². The fourth-order valence-electron chi connectivity index (χ4n) is 2.28. The highest BCUT2D eigenvalue weighted by molar-refractivity contribution is 7.90. The Balaban J connectivity index is 1.99. The standard InChI is InChI=1S/C17H22N2O2S/c1-14(15-7-9-17(10-8-15)22(3,20)21)19(2)13-11-16-6-4-5-12-18-16/h4-10,12,14H,11,13H2,1-3H3/t14-/m1/s1. The van der Waals surface area contributed by atoms with Crippen molar-refractivity contribution in [2.24, 2.45) is 0 Å². The molecular weight excluding hydrogens is 296 g/mol. The van der Waals surface area contributed by atoms with E-state index in [2.05, 4.69) is 23.9 Å². The van der Waals surface area contributed by atoms with E-state index in [1.54, 1.807) is 12.1 Å². The molecule has 118 valence electrons. The Morgan fingerprint density at radius 2 is 1.82 bits per heavy atom. The van der Waals surface area contributed by atoms with Crippen LogP contribution in [0.15, 0.2) is 53.6 Å². The number of pyridine rings is 1. The van der Waals surface area contributed by atoms with E-state index in [1.165, 1.54) is 6.26 Å². The van der Waals surface area contributed by atoms with Gasteiger partial charge in [0.05, 0.1) is 4.90 Å². The molecule has 0 unspecified atom stereocenters. The third kappa shape index (κ3) is 4.39. The maximum absolute atomic E-state index is 11.5. The van der Waals surface area contributed by atoms with E-state index in [1.807, 2.05) is 36.5 Å². The van der Waals surface area contributed by atoms with E-state index in [0.717, 1.165) is 24.2 Å². The van der Waals surface area contributed by atoms with Crippen LogP contribution in [0, 0.1) is 0 Å². The van der Waals surface area contributed by atoms with Crippen LogP contribution in [0.2, 0.25) is 0 Å². The quantitative estimate of drug-likeness (QED) is 0.822. The average molecular weight is 318 g/mol. The Morgan fingerprint density at radius 1 is 1.14 bits per heavy atom. The van der Waals surface area contributed by atoms with Crippen LogP contribution in [0.4, 0.5) is 0 Å². The van der Waals surface area contributed by atoms with Gasteiger partial charge in [0.15, 0.2) is 9.84 Å². The molecule has 0 saturated carbocycles. The van der Waals surface area contributed by atoms with Crippen molar-refractivity contribution >= 4 is 9.84 Å². The summed E-state index contributed by atoms with van der Waals surface area (Å²) in [5.74, 6) is 0. The Kier molecular flexibility index (Phi) is 5.32. The molecule has 22 heavy (non-hydrogen) atoms. The van der Waals surface area contributed by atoms with E-state index < -0.39 is 9.84 Å². The van der Waals surface area contributed by atoms with Gasteiger partial charge in [-0.15, -0.1) is 0 Å². The van der Waals surface area contributed by atoms with E-state index in [9.17, 15) is 8.42 Å². The molecule has 1 aromatic carbocycles. The van der Waals surface area contributed by atoms with Crippen LogP contribution in [-0.4, -0.2) is 38.1 Å².